The van der Waals surface area contributed by atoms with E-state index < -0.39 is 11.2 Å². The summed E-state index contributed by atoms with van der Waals surface area (Å²) in [5.41, 5.74) is 1.38. The van der Waals surface area contributed by atoms with Crippen LogP contribution in [-0.4, -0.2) is 52.3 Å². The molecule has 0 aromatic heterocycles. The fraction of sp³-hybridized carbons (Fsp3) is 0.297. The van der Waals surface area contributed by atoms with E-state index in [4.69, 9.17) is 38.4 Å². The monoisotopic (exact) mass is 822 g/mol. The van der Waals surface area contributed by atoms with E-state index in [1.165, 1.54) is 0 Å². The SMILES string of the molecule is COc1ccccc1C1(c2ccccc2OC)OC(CC2=N[C@H](C)C(c3ccccc3OC)(c3ccccc3OC)O2)=N[C@@H]1C.[Br-].[Br-].[Ni+2]. The molecule has 0 saturated heterocycles. The van der Waals surface area contributed by atoms with Gasteiger partial charge in [0.2, 0.25) is 0 Å². The molecular formula is C37H38Br2N2NiO6. The van der Waals surface area contributed by atoms with Crippen molar-refractivity contribution in [2.75, 3.05) is 28.4 Å². The second kappa shape index (κ2) is 16.2. The summed E-state index contributed by atoms with van der Waals surface area (Å²) in [6.45, 7) is 4.08. The topological polar surface area (TPSA) is 80.1 Å². The third-order valence-corrected chi connectivity index (χ3v) is 8.74. The van der Waals surface area contributed by atoms with Crippen LogP contribution in [-0.2, 0) is 37.2 Å². The van der Waals surface area contributed by atoms with Gasteiger partial charge in [-0.05, 0) is 38.1 Å². The van der Waals surface area contributed by atoms with Crippen molar-refractivity contribution in [1.29, 1.82) is 0 Å². The Kier molecular flexibility index (Phi) is 13.2. The number of halogens is 2. The zero-order valence-electron chi connectivity index (χ0n) is 27.5. The molecule has 0 N–H and O–H groups in total. The van der Waals surface area contributed by atoms with Crippen molar-refractivity contribution < 1.29 is 78.9 Å². The van der Waals surface area contributed by atoms with E-state index in [2.05, 4.69) is 0 Å². The molecule has 0 saturated carbocycles. The van der Waals surface area contributed by atoms with Crippen LogP contribution in [0.5, 0.6) is 23.0 Å². The van der Waals surface area contributed by atoms with Gasteiger partial charge in [-0.3, -0.25) is 0 Å². The Bertz CT molecular complexity index is 1550. The molecule has 0 radical (unpaired) electrons. The van der Waals surface area contributed by atoms with E-state index in [9.17, 15) is 0 Å². The summed E-state index contributed by atoms with van der Waals surface area (Å²) in [5.74, 6) is 3.78. The smallest absolute Gasteiger partial charge is 1.00 e. The summed E-state index contributed by atoms with van der Waals surface area (Å²) in [4.78, 5) is 10.1. The van der Waals surface area contributed by atoms with Crippen LogP contribution in [0.4, 0.5) is 0 Å². The molecule has 4 aromatic carbocycles. The van der Waals surface area contributed by atoms with E-state index in [0.717, 1.165) is 22.3 Å². The van der Waals surface area contributed by atoms with Crippen molar-refractivity contribution in [3.63, 3.8) is 0 Å². The first-order valence-corrected chi connectivity index (χ1v) is 15.0. The van der Waals surface area contributed by atoms with Crippen LogP contribution in [0, 0.1) is 0 Å². The molecule has 2 heterocycles. The normalized spacial score (nSPS) is 18.3. The minimum atomic E-state index is -1.01. The fourth-order valence-corrected chi connectivity index (χ4v) is 6.72. The quantitative estimate of drug-likeness (QED) is 0.222. The van der Waals surface area contributed by atoms with Crippen LogP contribution >= 0.6 is 0 Å². The van der Waals surface area contributed by atoms with Gasteiger partial charge >= 0.3 is 16.5 Å². The van der Waals surface area contributed by atoms with E-state index in [1.54, 1.807) is 28.4 Å². The molecule has 0 spiro atoms. The van der Waals surface area contributed by atoms with Gasteiger partial charge < -0.3 is 62.4 Å². The van der Waals surface area contributed by atoms with Crippen LogP contribution in [0.15, 0.2) is 107 Å². The first-order valence-electron chi connectivity index (χ1n) is 15.0. The molecule has 8 nitrogen and oxygen atoms in total. The van der Waals surface area contributed by atoms with Crippen LogP contribution in [0.25, 0.3) is 0 Å². The molecule has 2 aliphatic heterocycles. The van der Waals surface area contributed by atoms with Crippen molar-refractivity contribution >= 4 is 11.8 Å². The van der Waals surface area contributed by atoms with Gasteiger partial charge in [0.15, 0.2) is 23.0 Å². The zero-order valence-corrected chi connectivity index (χ0v) is 31.7. The van der Waals surface area contributed by atoms with Crippen molar-refractivity contribution in [2.24, 2.45) is 9.98 Å². The summed E-state index contributed by atoms with van der Waals surface area (Å²) < 4.78 is 37.3. The molecule has 256 valence electrons. The Morgan fingerprint density at radius 3 is 1.00 bits per heavy atom. The Balaban J connectivity index is 0.00000208. The van der Waals surface area contributed by atoms with Crippen LogP contribution in [0.2, 0.25) is 0 Å². The number of para-hydroxylation sites is 4. The second-order valence-corrected chi connectivity index (χ2v) is 11.1. The predicted molar refractivity (Wildman–Crippen MR) is 174 cm³/mol. The largest absolute Gasteiger partial charge is 2.00 e. The van der Waals surface area contributed by atoms with E-state index in [1.807, 2.05) is 111 Å². The van der Waals surface area contributed by atoms with E-state index in [0.29, 0.717) is 34.8 Å². The first-order chi connectivity index (χ1) is 21.9. The summed E-state index contributed by atoms with van der Waals surface area (Å²) >= 11 is 0. The molecule has 2 atom stereocenters. The van der Waals surface area contributed by atoms with E-state index in [-0.39, 0.29) is 69.0 Å². The number of methoxy groups -OCH3 is 4. The van der Waals surface area contributed by atoms with Crippen molar-refractivity contribution in [3.05, 3.63) is 119 Å². The van der Waals surface area contributed by atoms with Crippen LogP contribution < -0.4 is 52.9 Å². The summed E-state index contributed by atoms with van der Waals surface area (Å²) in [6, 6.07) is 30.8. The Labute approximate surface area is 313 Å². The maximum Gasteiger partial charge on any atom is 2.00 e. The summed E-state index contributed by atoms with van der Waals surface area (Å²) in [5, 5.41) is 0. The van der Waals surface area contributed by atoms with E-state index >= 15 is 0 Å². The number of benzene rings is 4. The average molecular weight is 825 g/mol. The van der Waals surface area contributed by atoms with Crippen molar-refractivity contribution in [1.82, 2.24) is 0 Å². The number of hydrogen-bond donors (Lipinski definition) is 0. The number of nitrogens with zero attached hydrogens (tertiary/aromatic N) is 2. The summed E-state index contributed by atoms with van der Waals surface area (Å²) in [6.07, 6.45) is 0.243. The minimum Gasteiger partial charge on any atom is -1.00 e. The van der Waals surface area contributed by atoms with Gasteiger partial charge in [0.1, 0.15) is 23.0 Å². The molecule has 4 aromatic rings. The van der Waals surface area contributed by atoms with Gasteiger partial charge in [-0.25, -0.2) is 9.98 Å². The molecule has 11 heteroatoms. The van der Waals surface area contributed by atoms with Gasteiger partial charge in [-0.1, -0.05) is 72.8 Å². The summed E-state index contributed by atoms with van der Waals surface area (Å²) in [7, 11) is 6.64. The van der Waals surface area contributed by atoms with Crippen LogP contribution in [0.3, 0.4) is 0 Å². The molecule has 0 fully saturated rings. The van der Waals surface area contributed by atoms with Gasteiger partial charge in [0.25, 0.3) is 0 Å². The number of ether oxygens (including phenoxy) is 6. The molecule has 0 bridgehead atoms. The number of rotatable bonds is 10. The maximum absolute atomic E-state index is 6.96. The molecule has 0 amide bonds. The Morgan fingerprint density at radius 2 is 0.750 bits per heavy atom. The van der Waals surface area contributed by atoms with Gasteiger partial charge in [0.05, 0.1) is 46.9 Å². The molecule has 0 unspecified atom stereocenters. The predicted octanol–water partition coefficient (Wildman–Crippen LogP) is 0.938. The minimum absolute atomic E-state index is 0. The standard InChI is InChI=1S/C37H38N2O6.2BrH.Ni/c1-24-36(26-15-7-11-19-30(26)40-3,27-16-8-12-20-31(27)41-4)44-34(38-24)23-35-39-25(2)37(45-35,28-17-9-13-21-32(28)42-5)29-18-10-14-22-33(29)43-6;;;/h7-22,24-25H,23H2,1-6H3;2*1H;/q;;;+2/p-2/t24-,25-;;;/m1.../s1. The van der Waals surface area contributed by atoms with Gasteiger partial charge in [0, 0.05) is 22.3 Å². The van der Waals surface area contributed by atoms with Gasteiger partial charge in [-0.2, -0.15) is 0 Å². The Hall–Kier alpha value is -3.53. The molecule has 0 aliphatic carbocycles. The van der Waals surface area contributed by atoms with Crippen LogP contribution in [0.1, 0.15) is 42.5 Å². The third kappa shape index (κ3) is 6.44. The molecular weight excluding hydrogens is 787 g/mol. The molecule has 2 aliphatic rings. The maximum atomic E-state index is 6.96. The van der Waals surface area contributed by atoms with Crippen molar-refractivity contribution in [2.45, 2.75) is 43.6 Å². The second-order valence-electron chi connectivity index (χ2n) is 11.1. The third-order valence-electron chi connectivity index (χ3n) is 8.74. The van der Waals surface area contributed by atoms with Crippen molar-refractivity contribution in [3.8, 4) is 23.0 Å². The Morgan fingerprint density at radius 1 is 0.500 bits per heavy atom. The molecule has 6 rings (SSSR count). The molecule has 48 heavy (non-hydrogen) atoms. The number of aliphatic imine (C=N–C) groups is 2. The number of hydrogen-bond acceptors (Lipinski definition) is 8. The zero-order chi connectivity index (χ0) is 31.6. The first kappa shape index (κ1) is 38.9. The average Bonchev–Trinajstić information content (AvgIpc) is 3.60. The fourth-order valence-electron chi connectivity index (χ4n) is 6.72. The van der Waals surface area contributed by atoms with Gasteiger partial charge in [-0.15, -0.1) is 0 Å².